The molecule has 1 unspecified atom stereocenters. The van der Waals surface area contributed by atoms with Crippen LogP contribution >= 0.6 is 0 Å². The van der Waals surface area contributed by atoms with Gasteiger partial charge in [-0.1, -0.05) is 0 Å². The molecular weight excluding hydrogens is 465 g/mol. The summed E-state index contributed by atoms with van der Waals surface area (Å²) in [4.78, 5) is 20.6. The van der Waals surface area contributed by atoms with Crippen molar-refractivity contribution < 1.29 is 36.2 Å². The molecule has 3 rings (SSSR count). The van der Waals surface area contributed by atoms with E-state index in [-0.39, 0.29) is 5.56 Å². The largest absolute Gasteiger partial charge is 0.755 e. The Kier molecular flexibility index (Phi) is 8.10. The smallest absolute Gasteiger partial charge is 0.573 e. The third-order valence-electron chi connectivity index (χ3n) is 5.08. The van der Waals surface area contributed by atoms with Crippen molar-refractivity contribution >= 4 is 22.9 Å². The van der Waals surface area contributed by atoms with E-state index in [4.69, 9.17) is 4.74 Å². The molecule has 1 saturated heterocycles. The second-order valence-electron chi connectivity index (χ2n) is 7.17. The Morgan fingerprint density at radius 1 is 1.21 bits per heavy atom. The molecule has 9 nitrogen and oxygen atoms in total. The van der Waals surface area contributed by atoms with Crippen molar-refractivity contribution in [2.24, 2.45) is 0 Å². The van der Waals surface area contributed by atoms with E-state index < -0.39 is 35.0 Å². The van der Waals surface area contributed by atoms with Crippen LogP contribution in [0.3, 0.4) is 0 Å². The maximum absolute atomic E-state index is 12.8. The van der Waals surface area contributed by atoms with Crippen molar-refractivity contribution in [3.05, 3.63) is 47.8 Å². The fourth-order valence-corrected chi connectivity index (χ4v) is 3.82. The molecule has 1 aromatic heterocycles. The molecule has 1 amide bonds. The number of amides is 1. The highest BCUT2D eigenvalue weighted by Gasteiger charge is 2.33. The van der Waals surface area contributed by atoms with Crippen LogP contribution in [-0.2, 0) is 17.7 Å². The molecule has 1 atom stereocenters. The quantitative estimate of drug-likeness (QED) is 0.569. The number of carbonyl (C=O) groups is 1. The van der Waals surface area contributed by atoms with Gasteiger partial charge in [-0.2, -0.15) is 0 Å². The first-order chi connectivity index (χ1) is 15.7. The fraction of sp³-hybridized carbons (Fsp3) is 0.400. The normalized spacial score (nSPS) is 15.7. The number of hydrogen-bond donors (Lipinski definition) is 1. The summed E-state index contributed by atoms with van der Waals surface area (Å²) in [6, 6.07) is 4.98. The highest BCUT2D eigenvalue weighted by Crippen LogP contribution is 2.32. The Morgan fingerprint density at radius 3 is 2.58 bits per heavy atom. The standard InChI is InChI=1S/C20H23F3N4O5S/c1-31-17-4-6-24-13-15(17)5-7-26-8-10-27(11-9-26)19(28)14-2-3-16(25-33(29)30)18(12-14)32-20(21,22)23/h2-4,6,12-13,25H,5,7-11H2,1H3,(H,29,30)/p-1. The predicted molar refractivity (Wildman–Crippen MR) is 113 cm³/mol. The molecule has 0 saturated carbocycles. The molecule has 1 fully saturated rings. The van der Waals surface area contributed by atoms with E-state index in [0.717, 1.165) is 36.4 Å². The number of halogens is 3. The summed E-state index contributed by atoms with van der Waals surface area (Å²) in [6.45, 7) is 2.70. The highest BCUT2D eigenvalue weighted by molar-refractivity contribution is 7.80. The van der Waals surface area contributed by atoms with Gasteiger partial charge in [-0.3, -0.25) is 18.9 Å². The van der Waals surface area contributed by atoms with E-state index in [1.165, 1.54) is 11.0 Å². The minimum absolute atomic E-state index is 0.0370. The van der Waals surface area contributed by atoms with Gasteiger partial charge >= 0.3 is 6.36 Å². The van der Waals surface area contributed by atoms with Crippen LogP contribution in [-0.4, -0.2) is 75.6 Å². The average Bonchev–Trinajstić information content (AvgIpc) is 2.77. The SMILES string of the molecule is COc1ccncc1CCN1CCN(C(=O)c2ccc(NS(=O)[O-])c(OC(F)(F)F)c2)CC1. The van der Waals surface area contributed by atoms with Crippen molar-refractivity contribution in [2.45, 2.75) is 12.8 Å². The van der Waals surface area contributed by atoms with Crippen molar-refractivity contribution in [3.8, 4) is 11.5 Å². The first-order valence-electron chi connectivity index (χ1n) is 9.90. The number of nitrogens with zero attached hydrogens (tertiary/aromatic N) is 3. The van der Waals surface area contributed by atoms with Crippen LogP contribution in [0.15, 0.2) is 36.7 Å². The lowest BCUT2D eigenvalue weighted by Gasteiger charge is -2.35. The number of anilines is 1. The van der Waals surface area contributed by atoms with Gasteiger partial charge in [0, 0.05) is 67.5 Å². The Morgan fingerprint density at radius 2 is 1.94 bits per heavy atom. The molecule has 2 aromatic rings. The lowest BCUT2D eigenvalue weighted by Crippen LogP contribution is -2.49. The molecular formula is C20H22F3N4O5S-. The monoisotopic (exact) mass is 487 g/mol. The lowest BCUT2D eigenvalue weighted by molar-refractivity contribution is -0.274. The maximum Gasteiger partial charge on any atom is 0.573 e. The number of benzene rings is 1. The topological polar surface area (TPSA) is 107 Å². The fourth-order valence-electron chi connectivity index (χ4n) is 3.48. The summed E-state index contributed by atoms with van der Waals surface area (Å²) in [6.07, 6.45) is -0.926. The number of ether oxygens (including phenoxy) is 2. The van der Waals surface area contributed by atoms with E-state index in [9.17, 15) is 26.7 Å². The van der Waals surface area contributed by atoms with Crippen molar-refractivity contribution in [1.82, 2.24) is 14.8 Å². The van der Waals surface area contributed by atoms with E-state index in [2.05, 4.69) is 14.6 Å². The molecule has 0 bridgehead atoms. The average molecular weight is 487 g/mol. The number of nitrogens with one attached hydrogen (secondary N) is 1. The number of pyridine rings is 1. The molecule has 0 radical (unpaired) electrons. The molecule has 0 spiro atoms. The molecule has 0 aliphatic carbocycles. The van der Waals surface area contributed by atoms with Crippen LogP contribution in [0.5, 0.6) is 11.5 Å². The summed E-state index contributed by atoms with van der Waals surface area (Å²) in [5.41, 5.74) is 0.515. The first kappa shape index (κ1) is 24.7. The molecule has 2 heterocycles. The Hall–Kier alpha value is -2.90. The zero-order valence-corrected chi connectivity index (χ0v) is 18.4. The number of alkyl halides is 3. The Bertz CT molecular complexity index is 1000. The second-order valence-corrected chi connectivity index (χ2v) is 7.84. The summed E-state index contributed by atoms with van der Waals surface area (Å²) >= 11 is -2.86. The van der Waals surface area contributed by atoms with Crippen LogP contribution in [0, 0.1) is 0 Å². The summed E-state index contributed by atoms with van der Waals surface area (Å²) in [5, 5.41) is 0. The van der Waals surface area contributed by atoms with Crippen LogP contribution in [0.1, 0.15) is 15.9 Å². The van der Waals surface area contributed by atoms with Crippen molar-refractivity contribution in [1.29, 1.82) is 0 Å². The number of hydrogen-bond acceptors (Lipinski definition) is 7. The molecule has 1 aromatic carbocycles. The van der Waals surface area contributed by atoms with Crippen LogP contribution in [0.2, 0.25) is 0 Å². The van der Waals surface area contributed by atoms with Crippen LogP contribution < -0.4 is 14.2 Å². The Labute approximate surface area is 190 Å². The zero-order valence-electron chi connectivity index (χ0n) is 17.6. The van der Waals surface area contributed by atoms with Gasteiger partial charge in [-0.25, -0.2) is 0 Å². The highest BCUT2D eigenvalue weighted by atomic mass is 32.2. The Balaban J connectivity index is 1.61. The van der Waals surface area contributed by atoms with Crippen molar-refractivity contribution in [3.63, 3.8) is 0 Å². The first-order valence-corrected chi connectivity index (χ1v) is 11.0. The predicted octanol–water partition coefficient (Wildman–Crippen LogP) is 2.20. The minimum Gasteiger partial charge on any atom is -0.755 e. The molecule has 180 valence electrons. The third kappa shape index (κ3) is 7.04. The van der Waals surface area contributed by atoms with E-state index in [0.29, 0.717) is 26.2 Å². The van der Waals surface area contributed by atoms with E-state index in [1.807, 2.05) is 4.72 Å². The van der Waals surface area contributed by atoms with Gasteiger partial charge in [0.1, 0.15) is 5.75 Å². The van der Waals surface area contributed by atoms with Gasteiger partial charge in [-0.15, -0.1) is 13.2 Å². The molecule has 1 aliphatic rings. The number of piperazine rings is 1. The van der Waals surface area contributed by atoms with Gasteiger partial charge in [-0.05, 0) is 30.7 Å². The summed E-state index contributed by atoms with van der Waals surface area (Å²) < 4.78 is 70.8. The zero-order chi connectivity index (χ0) is 24.0. The molecule has 1 aliphatic heterocycles. The van der Waals surface area contributed by atoms with Gasteiger partial charge in [0.25, 0.3) is 5.91 Å². The number of carbonyl (C=O) groups excluding carboxylic acids is 1. The van der Waals surface area contributed by atoms with Crippen LogP contribution in [0.25, 0.3) is 0 Å². The molecule has 13 heteroatoms. The number of methoxy groups -OCH3 is 1. The number of aromatic nitrogens is 1. The van der Waals surface area contributed by atoms with E-state index >= 15 is 0 Å². The summed E-state index contributed by atoms with van der Waals surface area (Å²) in [7, 11) is 1.59. The second kappa shape index (κ2) is 10.8. The van der Waals surface area contributed by atoms with Gasteiger partial charge < -0.3 is 23.6 Å². The lowest BCUT2D eigenvalue weighted by atomic mass is 10.1. The number of rotatable bonds is 8. The van der Waals surface area contributed by atoms with E-state index in [1.54, 1.807) is 25.6 Å². The minimum atomic E-state index is -5.05. The molecule has 33 heavy (non-hydrogen) atoms. The van der Waals surface area contributed by atoms with Gasteiger partial charge in [0.15, 0.2) is 5.75 Å². The van der Waals surface area contributed by atoms with Gasteiger partial charge in [0.05, 0.1) is 12.8 Å². The van der Waals surface area contributed by atoms with Crippen molar-refractivity contribution in [2.75, 3.05) is 44.6 Å². The van der Waals surface area contributed by atoms with Gasteiger partial charge in [0.2, 0.25) is 0 Å². The summed E-state index contributed by atoms with van der Waals surface area (Å²) in [5.74, 6) is -0.513. The molecule has 1 N–H and O–H groups in total. The third-order valence-corrected chi connectivity index (χ3v) is 5.47. The van der Waals surface area contributed by atoms with Crippen LogP contribution in [0.4, 0.5) is 18.9 Å². The maximum atomic E-state index is 12.8.